The predicted octanol–water partition coefficient (Wildman–Crippen LogP) is 5.76. The fraction of sp³-hybridized carbons (Fsp3) is 0.766. The number of aliphatic hydroxyl groups excluding tert-OH is 7. The molecule has 64 heavy (non-hydrogen) atoms. The maximum atomic E-state index is 13.6. The lowest BCUT2D eigenvalue weighted by Gasteiger charge is -2.36. The number of Topliss-reactive ketones (excluding diaryl/α,β-unsaturated/α-hetero) is 1. The third-order valence-electron chi connectivity index (χ3n) is 11.5. The third kappa shape index (κ3) is 23.2. The molecule has 2 rings (SSSR count). The molecule has 1 saturated carbocycles. The molecule has 2 aliphatic rings. The summed E-state index contributed by atoms with van der Waals surface area (Å²) in [6.45, 7) is 2.69. The molecule has 17 heteroatoms. The number of allylic oxidation sites excluding steroid dienone is 6. The van der Waals surface area contributed by atoms with Gasteiger partial charge in [0.15, 0.2) is 6.10 Å². The summed E-state index contributed by atoms with van der Waals surface area (Å²) in [5, 5.41) is 78.5. The second-order valence-corrected chi connectivity index (χ2v) is 18.4. The van der Waals surface area contributed by atoms with Gasteiger partial charge in [-0.2, -0.15) is 0 Å². The van der Waals surface area contributed by atoms with Gasteiger partial charge in [-0.1, -0.05) is 120 Å². The lowest BCUT2D eigenvalue weighted by Crippen LogP contribution is -2.55. The highest BCUT2D eigenvalue weighted by molar-refractivity contribution is 7.47. The maximum Gasteiger partial charge on any atom is 0.472 e. The molecule has 0 aromatic carbocycles. The molecule has 2 fully saturated rings. The highest BCUT2D eigenvalue weighted by Gasteiger charge is 2.49. The zero-order valence-electron chi connectivity index (χ0n) is 38.0. The van der Waals surface area contributed by atoms with Gasteiger partial charge in [-0.3, -0.25) is 23.4 Å². The summed E-state index contributed by atoms with van der Waals surface area (Å²) in [4.78, 5) is 50.0. The number of hydrogen-bond acceptors (Lipinski definition) is 15. The Morgan fingerprint density at radius 3 is 2.17 bits per heavy atom. The minimum Gasteiger partial charge on any atom is -0.462 e. The molecule has 0 amide bonds. The van der Waals surface area contributed by atoms with Gasteiger partial charge in [-0.25, -0.2) is 4.57 Å². The highest BCUT2D eigenvalue weighted by Crippen LogP contribution is 2.47. The van der Waals surface area contributed by atoms with Gasteiger partial charge in [0.25, 0.3) is 0 Å². The number of phosphoric acid groups is 1. The van der Waals surface area contributed by atoms with Crippen molar-refractivity contribution >= 4 is 25.5 Å². The van der Waals surface area contributed by atoms with Crippen molar-refractivity contribution in [1.82, 2.24) is 0 Å². The summed E-state index contributed by atoms with van der Waals surface area (Å²) in [5.74, 6) is -4.89. The van der Waals surface area contributed by atoms with E-state index in [1.54, 1.807) is 0 Å². The lowest BCUT2D eigenvalue weighted by atomic mass is 9.83. The van der Waals surface area contributed by atoms with Crippen LogP contribution >= 0.6 is 7.82 Å². The van der Waals surface area contributed by atoms with Crippen LogP contribution in [0.25, 0.3) is 0 Å². The minimum atomic E-state index is -5.45. The van der Waals surface area contributed by atoms with E-state index in [1.807, 2.05) is 6.92 Å². The topological polar surface area (TPSA) is 267 Å². The number of esters is 2. The molecule has 12 atom stereocenters. The van der Waals surface area contributed by atoms with Crippen LogP contribution in [0.5, 0.6) is 0 Å². The van der Waals surface area contributed by atoms with Gasteiger partial charge in [-0.15, -0.1) is 0 Å². The van der Waals surface area contributed by atoms with Crippen LogP contribution in [0, 0.1) is 11.8 Å². The fourth-order valence-electron chi connectivity index (χ4n) is 7.68. The highest BCUT2D eigenvalue weighted by atomic mass is 31.2. The van der Waals surface area contributed by atoms with E-state index in [4.69, 9.17) is 18.5 Å². The van der Waals surface area contributed by atoms with Crippen molar-refractivity contribution in [3.8, 4) is 0 Å². The van der Waals surface area contributed by atoms with E-state index in [9.17, 15) is 59.6 Å². The van der Waals surface area contributed by atoms with Crippen LogP contribution in [-0.2, 0) is 37.5 Å². The van der Waals surface area contributed by atoms with Gasteiger partial charge < -0.3 is 50.1 Å². The summed E-state index contributed by atoms with van der Waals surface area (Å²) >= 11 is 0. The molecule has 1 aliphatic heterocycles. The first-order valence-corrected chi connectivity index (χ1v) is 25.0. The molecule has 0 radical (unpaired) electrons. The van der Waals surface area contributed by atoms with Crippen molar-refractivity contribution < 1.29 is 78.1 Å². The summed E-state index contributed by atoms with van der Waals surface area (Å²) in [6.07, 6.45) is 9.55. The van der Waals surface area contributed by atoms with Gasteiger partial charge in [0, 0.05) is 31.1 Å². The third-order valence-corrected chi connectivity index (χ3v) is 12.5. The van der Waals surface area contributed by atoms with Gasteiger partial charge in [0.2, 0.25) is 0 Å². The van der Waals surface area contributed by atoms with Crippen LogP contribution in [0.1, 0.15) is 149 Å². The first kappa shape index (κ1) is 57.5. The average Bonchev–Trinajstić information content (AvgIpc) is 3.26. The molecule has 1 unspecified atom stereocenters. The number of ketones is 1. The monoisotopic (exact) mass is 931 g/mol. The Balaban J connectivity index is 2.16. The largest absolute Gasteiger partial charge is 0.472 e. The Labute approximate surface area is 380 Å². The fourth-order valence-corrected chi connectivity index (χ4v) is 8.65. The van der Waals surface area contributed by atoms with Crippen molar-refractivity contribution in [2.75, 3.05) is 13.2 Å². The predicted molar refractivity (Wildman–Crippen MR) is 240 cm³/mol. The molecule has 1 saturated heterocycles. The molecule has 8 N–H and O–H groups in total. The van der Waals surface area contributed by atoms with E-state index < -0.39 is 112 Å². The molecule has 1 aliphatic carbocycles. The van der Waals surface area contributed by atoms with Gasteiger partial charge in [-0.05, 0) is 57.8 Å². The Kier molecular flexibility index (Phi) is 29.6. The zero-order valence-corrected chi connectivity index (χ0v) is 38.9. The van der Waals surface area contributed by atoms with Crippen LogP contribution in [0.3, 0.4) is 0 Å². The quantitative estimate of drug-likeness (QED) is 0.0295. The standard InChI is InChI=1S/C47H79O16P/c1-3-5-7-8-9-10-11-12-13-14-15-16-17-18-23-27-40(51)60-32-35-33-61-64(58,59)63-47-45(56)43(54)37(30-29-34(48)25-21-6-4-2)39(50)31-38(49)36(42(53)44(55)46(47)57)26-22-19-20-24-28-41(52)62-35/h5,7,9-10,12-13,29-30,34-37,39,42-48,50,53-57H,3-4,6,8,11,14-28,31-33H2,1-2H3,(H,58,59)/b7-5-,10-9-,13-12-,30-29+/t34-,35+,36-,37-,39+,42+,43+,44-,45+,46+,47+/m0/s1. The van der Waals surface area contributed by atoms with Crippen molar-refractivity contribution in [3.63, 3.8) is 0 Å². The Morgan fingerprint density at radius 1 is 0.797 bits per heavy atom. The summed E-state index contributed by atoms with van der Waals surface area (Å²) < 4.78 is 34.6. The molecular formula is C47H79O16P. The summed E-state index contributed by atoms with van der Waals surface area (Å²) in [6, 6.07) is 0. The number of ether oxygens (including phenoxy) is 2. The van der Waals surface area contributed by atoms with Gasteiger partial charge >= 0.3 is 19.8 Å². The smallest absolute Gasteiger partial charge is 0.462 e. The van der Waals surface area contributed by atoms with E-state index >= 15 is 0 Å². The van der Waals surface area contributed by atoms with Crippen LogP contribution in [-0.4, -0.2) is 127 Å². The van der Waals surface area contributed by atoms with Crippen molar-refractivity contribution in [2.24, 2.45) is 11.8 Å². The van der Waals surface area contributed by atoms with E-state index in [-0.39, 0.29) is 19.3 Å². The van der Waals surface area contributed by atoms with E-state index in [1.165, 1.54) is 12.2 Å². The van der Waals surface area contributed by atoms with Crippen LogP contribution < -0.4 is 0 Å². The van der Waals surface area contributed by atoms with E-state index in [2.05, 4.69) is 43.4 Å². The number of fused-ring (bicyclic) bond motifs is 4. The Bertz CT molecular complexity index is 1480. The summed E-state index contributed by atoms with van der Waals surface area (Å²) in [5.41, 5.74) is 0. The van der Waals surface area contributed by atoms with E-state index in [0.717, 1.165) is 64.2 Å². The number of phosphoric ester groups is 1. The number of carbonyl (C=O) groups excluding carboxylic acids is 3. The zero-order chi connectivity index (χ0) is 47.3. The number of cyclic esters (lactones) is 1. The molecule has 0 aromatic heterocycles. The molecule has 1 heterocycles. The molecular weight excluding hydrogens is 851 g/mol. The van der Waals surface area contributed by atoms with E-state index in [0.29, 0.717) is 44.9 Å². The second kappa shape index (κ2) is 33.0. The van der Waals surface area contributed by atoms with Crippen molar-refractivity contribution in [2.45, 2.75) is 204 Å². The average molecular weight is 931 g/mol. The maximum absolute atomic E-state index is 13.6. The SMILES string of the molecule is CC/C=C\C/C=C\C/C=C\CCCCCCCC(=O)OC[C@@H]1COP(=O)(O)O[C@H]2[C@H](O)[C@@H](O)[C@H](O)[C@@H](CCCCCCC(=O)O1)C(=O)C[C@@H](O)[C@H](/C=C/[C@@H](O)CCCCC)[C@@H](O)[C@H]2O. The van der Waals surface area contributed by atoms with Gasteiger partial charge in [0.1, 0.15) is 36.8 Å². The number of aliphatic hydroxyl groups is 7. The van der Waals surface area contributed by atoms with Crippen LogP contribution in [0.4, 0.5) is 0 Å². The normalized spacial score (nSPS) is 31.7. The molecule has 0 aromatic rings. The Hall–Kier alpha value is -2.60. The molecule has 16 nitrogen and oxygen atoms in total. The Morgan fingerprint density at radius 2 is 1.45 bits per heavy atom. The first-order valence-electron chi connectivity index (χ1n) is 23.5. The lowest BCUT2D eigenvalue weighted by molar-refractivity contribution is -0.166. The molecule has 368 valence electrons. The van der Waals surface area contributed by atoms with Gasteiger partial charge in [0.05, 0.1) is 31.0 Å². The summed E-state index contributed by atoms with van der Waals surface area (Å²) in [7, 11) is -5.45. The van der Waals surface area contributed by atoms with Crippen LogP contribution in [0.15, 0.2) is 48.6 Å². The molecule has 2 bridgehead atoms. The number of unbranched alkanes of at least 4 members (excludes halogenated alkanes) is 7. The van der Waals surface area contributed by atoms with Crippen molar-refractivity contribution in [3.05, 3.63) is 48.6 Å². The number of rotatable bonds is 21. The number of hydrogen-bond donors (Lipinski definition) is 8. The first-order chi connectivity index (χ1) is 30.6. The minimum absolute atomic E-state index is 0.0307. The second-order valence-electron chi connectivity index (χ2n) is 17.0. The van der Waals surface area contributed by atoms with Crippen molar-refractivity contribution in [1.29, 1.82) is 0 Å². The van der Waals surface area contributed by atoms with Crippen LogP contribution in [0.2, 0.25) is 0 Å². The molecule has 0 spiro atoms. The number of carbonyl (C=O) groups is 3.